The van der Waals surface area contributed by atoms with Gasteiger partial charge >= 0.3 is 6.03 Å². The van der Waals surface area contributed by atoms with Gasteiger partial charge in [0.2, 0.25) is 12.7 Å². The summed E-state index contributed by atoms with van der Waals surface area (Å²) in [6, 6.07) is 9.22. The van der Waals surface area contributed by atoms with E-state index in [1.165, 1.54) is 0 Å². The molecule has 3 heterocycles. The lowest BCUT2D eigenvalue weighted by atomic mass is 10.1. The molecule has 1 aromatic heterocycles. The summed E-state index contributed by atoms with van der Waals surface area (Å²) in [6.07, 6.45) is 1.51. The van der Waals surface area contributed by atoms with E-state index in [4.69, 9.17) is 9.47 Å². The van der Waals surface area contributed by atoms with E-state index in [-0.39, 0.29) is 32.2 Å². The molecule has 4 rings (SSSR count). The average molecular weight is 382 g/mol. The lowest BCUT2D eigenvalue weighted by Gasteiger charge is -2.13. The van der Waals surface area contributed by atoms with E-state index in [1.807, 2.05) is 6.07 Å². The van der Waals surface area contributed by atoms with Crippen molar-refractivity contribution in [2.75, 3.05) is 6.79 Å². The van der Waals surface area contributed by atoms with Crippen LogP contribution in [0.15, 0.2) is 42.6 Å². The monoisotopic (exact) mass is 382 g/mol. The summed E-state index contributed by atoms with van der Waals surface area (Å²) in [7, 11) is 0. The maximum absolute atomic E-state index is 12.6. The predicted molar refractivity (Wildman–Crippen MR) is 96.1 cm³/mol. The van der Waals surface area contributed by atoms with Crippen LogP contribution in [0.25, 0.3) is 0 Å². The highest BCUT2D eigenvalue weighted by atomic mass is 16.7. The number of carbonyl (C=O) groups excluding carboxylic acids is 3. The topological polar surface area (TPSA) is 110 Å². The van der Waals surface area contributed by atoms with E-state index in [9.17, 15) is 14.4 Å². The number of hydrogen-bond acceptors (Lipinski definition) is 6. The van der Waals surface area contributed by atoms with Crippen LogP contribution in [0.3, 0.4) is 0 Å². The van der Waals surface area contributed by atoms with Crippen molar-refractivity contribution in [3.63, 3.8) is 0 Å². The molecule has 144 valence electrons. The largest absolute Gasteiger partial charge is 0.454 e. The van der Waals surface area contributed by atoms with Crippen molar-refractivity contribution >= 4 is 17.8 Å². The van der Waals surface area contributed by atoms with Crippen LogP contribution in [0.4, 0.5) is 4.79 Å². The molecule has 2 aromatic rings. The van der Waals surface area contributed by atoms with Crippen molar-refractivity contribution in [3.05, 3.63) is 53.9 Å². The Bertz CT molecular complexity index is 918. The van der Waals surface area contributed by atoms with Gasteiger partial charge in [0, 0.05) is 6.20 Å². The molecule has 4 amide bonds. The summed E-state index contributed by atoms with van der Waals surface area (Å²) in [6.45, 7) is 0.500. The number of benzene rings is 1. The third kappa shape index (κ3) is 3.73. The Labute approximate surface area is 160 Å². The number of ether oxygens (including phenoxy) is 2. The van der Waals surface area contributed by atoms with Gasteiger partial charge in [0.05, 0.1) is 25.2 Å². The van der Waals surface area contributed by atoms with Crippen molar-refractivity contribution < 1.29 is 23.9 Å². The molecular weight excluding hydrogens is 364 g/mol. The molecule has 0 spiro atoms. The predicted octanol–water partition coefficient (Wildman–Crippen LogP) is 0.937. The van der Waals surface area contributed by atoms with Gasteiger partial charge in [-0.1, -0.05) is 12.1 Å². The second-order valence-corrected chi connectivity index (χ2v) is 6.42. The number of aromatic nitrogens is 1. The van der Waals surface area contributed by atoms with Gasteiger partial charge in [-0.2, -0.15) is 0 Å². The van der Waals surface area contributed by atoms with Gasteiger partial charge in [0.1, 0.15) is 6.04 Å². The molecule has 2 N–H and O–H groups in total. The number of pyridine rings is 1. The first-order chi connectivity index (χ1) is 13.6. The molecular formula is C19H18N4O5. The number of nitrogens with one attached hydrogen (secondary N) is 2. The van der Waals surface area contributed by atoms with Crippen LogP contribution in [0.5, 0.6) is 11.5 Å². The van der Waals surface area contributed by atoms with E-state index < -0.39 is 18.0 Å². The fraction of sp³-hybridized carbons (Fsp3) is 0.263. The van der Waals surface area contributed by atoms with Gasteiger partial charge in [0.25, 0.3) is 5.91 Å². The van der Waals surface area contributed by atoms with Gasteiger partial charge in [-0.15, -0.1) is 0 Å². The number of imide groups is 1. The molecule has 2 aliphatic rings. The van der Waals surface area contributed by atoms with Gasteiger partial charge in [-0.05, 0) is 29.8 Å². The van der Waals surface area contributed by atoms with Gasteiger partial charge < -0.3 is 20.1 Å². The smallest absolute Gasteiger partial charge is 0.325 e. The van der Waals surface area contributed by atoms with E-state index in [0.717, 1.165) is 10.5 Å². The summed E-state index contributed by atoms with van der Waals surface area (Å²) in [4.78, 5) is 42.1. The molecule has 0 bridgehead atoms. The SMILES string of the molecule is O=C(CC1NC(=O)N(Cc2ccc3c(c2)OCO3)C1=O)NCc1ccccn1. The van der Waals surface area contributed by atoms with Crippen LogP contribution < -0.4 is 20.1 Å². The first-order valence-corrected chi connectivity index (χ1v) is 8.77. The molecule has 28 heavy (non-hydrogen) atoms. The number of fused-ring (bicyclic) bond motifs is 1. The Morgan fingerprint density at radius 3 is 2.89 bits per heavy atom. The molecule has 2 aliphatic heterocycles. The van der Waals surface area contributed by atoms with E-state index in [1.54, 1.807) is 36.5 Å². The second-order valence-electron chi connectivity index (χ2n) is 6.42. The third-order valence-corrected chi connectivity index (χ3v) is 4.47. The van der Waals surface area contributed by atoms with Crippen LogP contribution in [0.1, 0.15) is 17.7 Å². The van der Waals surface area contributed by atoms with Crippen LogP contribution >= 0.6 is 0 Å². The molecule has 9 nitrogen and oxygen atoms in total. The number of rotatable bonds is 6. The summed E-state index contributed by atoms with van der Waals surface area (Å²) in [5.41, 5.74) is 1.44. The van der Waals surface area contributed by atoms with Crippen LogP contribution in [-0.2, 0) is 22.7 Å². The Balaban J connectivity index is 1.34. The number of nitrogens with zero attached hydrogens (tertiary/aromatic N) is 2. The highest BCUT2D eigenvalue weighted by Crippen LogP contribution is 2.33. The fourth-order valence-corrected chi connectivity index (χ4v) is 3.04. The Morgan fingerprint density at radius 2 is 2.07 bits per heavy atom. The average Bonchev–Trinajstić information content (AvgIpc) is 3.27. The van der Waals surface area contributed by atoms with E-state index >= 15 is 0 Å². The zero-order chi connectivity index (χ0) is 19.5. The van der Waals surface area contributed by atoms with Gasteiger partial charge in [-0.3, -0.25) is 19.5 Å². The summed E-state index contributed by atoms with van der Waals surface area (Å²) >= 11 is 0. The molecule has 0 saturated carbocycles. The molecule has 1 atom stereocenters. The number of amides is 4. The normalized spacial score (nSPS) is 17.6. The van der Waals surface area contributed by atoms with Gasteiger partial charge in [0.15, 0.2) is 11.5 Å². The zero-order valence-corrected chi connectivity index (χ0v) is 14.9. The third-order valence-electron chi connectivity index (χ3n) is 4.47. The van der Waals surface area contributed by atoms with E-state index in [0.29, 0.717) is 17.2 Å². The maximum atomic E-state index is 12.6. The minimum Gasteiger partial charge on any atom is -0.454 e. The van der Waals surface area contributed by atoms with Crippen molar-refractivity contribution in [1.82, 2.24) is 20.5 Å². The molecule has 1 unspecified atom stereocenters. The number of urea groups is 1. The minimum absolute atomic E-state index is 0.0906. The van der Waals surface area contributed by atoms with Crippen LogP contribution in [0.2, 0.25) is 0 Å². The number of hydrogen-bond donors (Lipinski definition) is 2. The minimum atomic E-state index is -0.884. The molecule has 0 radical (unpaired) electrons. The number of carbonyl (C=O) groups is 3. The summed E-state index contributed by atoms with van der Waals surface area (Å²) < 4.78 is 10.6. The lowest BCUT2D eigenvalue weighted by molar-refractivity contribution is -0.131. The molecule has 9 heteroatoms. The fourth-order valence-electron chi connectivity index (χ4n) is 3.04. The first kappa shape index (κ1) is 17.8. The molecule has 1 aromatic carbocycles. The Hall–Kier alpha value is -3.62. The first-order valence-electron chi connectivity index (χ1n) is 8.77. The van der Waals surface area contributed by atoms with Crippen molar-refractivity contribution in [2.45, 2.75) is 25.6 Å². The maximum Gasteiger partial charge on any atom is 0.325 e. The zero-order valence-electron chi connectivity index (χ0n) is 14.9. The van der Waals surface area contributed by atoms with Crippen LogP contribution in [0, 0.1) is 0 Å². The highest BCUT2D eigenvalue weighted by Gasteiger charge is 2.39. The molecule has 1 saturated heterocycles. The highest BCUT2D eigenvalue weighted by molar-refractivity contribution is 6.05. The Kier molecular flexibility index (Phi) is 4.79. The van der Waals surface area contributed by atoms with Crippen molar-refractivity contribution in [3.8, 4) is 11.5 Å². The summed E-state index contributed by atoms with van der Waals surface area (Å²) in [5, 5.41) is 5.26. The lowest BCUT2D eigenvalue weighted by Crippen LogP contribution is -2.36. The van der Waals surface area contributed by atoms with Crippen molar-refractivity contribution in [1.29, 1.82) is 0 Å². The van der Waals surface area contributed by atoms with Gasteiger partial charge in [-0.25, -0.2) is 4.79 Å². The van der Waals surface area contributed by atoms with E-state index in [2.05, 4.69) is 15.6 Å². The van der Waals surface area contributed by atoms with Crippen LogP contribution in [-0.4, -0.2) is 40.6 Å². The standard InChI is InChI=1S/C19H18N4O5/c24-17(21-9-13-3-1-2-6-20-13)8-14-18(25)23(19(26)22-14)10-12-4-5-15-16(7-12)28-11-27-15/h1-7,14H,8-11H2,(H,21,24)(H,22,26). The summed E-state index contributed by atoms with van der Waals surface area (Å²) in [5.74, 6) is 0.434. The Morgan fingerprint density at radius 1 is 1.21 bits per heavy atom. The second kappa shape index (κ2) is 7.55. The quantitative estimate of drug-likeness (QED) is 0.720. The molecule has 1 fully saturated rings. The molecule has 0 aliphatic carbocycles. The van der Waals surface area contributed by atoms with Crippen molar-refractivity contribution in [2.24, 2.45) is 0 Å².